The number of halogens is 1. The highest BCUT2D eigenvalue weighted by Gasteiger charge is 2.39. The van der Waals surface area contributed by atoms with Gasteiger partial charge in [0.25, 0.3) is 5.91 Å². The van der Waals surface area contributed by atoms with E-state index in [1.54, 1.807) is 18.2 Å². The van der Waals surface area contributed by atoms with Crippen molar-refractivity contribution in [1.29, 1.82) is 0 Å². The maximum absolute atomic E-state index is 12.6. The molecule has 0 saturated carbocycles. The lowest BCUT2D eigenvalue weighted by Crippen LogP contribution is -2.34. The smallest absolute Gasteiger partial charge is 0.256 e. The van der Waals surface area contributed by atoms with Crippen LogP contribution in [0, 0.1) is 6.92 Å². The molecule has 0 aliphatic carbocycles. The molecule has 0 unspecified atom stereocenters. The van der Waals surface area contributed by atoms with E-state index in [1.807, 2.05) is 31.2 Å². The lowest BCUT2D eigenvalue weighted by Gasteiger charge is -2.17. The number of methoxy groups -OCH3 is 1. The summed E-state index contributed by atoms with van der Waals surface area (Å²) in [7, 11) is 1.51. The molecular formula is C18H17ClN2O3. The molecule has 24 heavy (non-hydrogen) atoms. The molecule has 6 heteroatoms. The Hall–Kier alpha value is -2.53. The molecule has 1 atom stereocenters. The molecule has 1 aliphatic rings. The first-order chi connectivity index (χ1) is 11.5. The van der Waals surface area contributed by atoms with Crippen LogP contribution in [0.15, 0.2) is 42.5 Å². The van der Waals surface area contributed by atoms with Gasteiger partial charge < -0.3 is 10.1 Å². The van der Waals surface area contributed by atoms with Gasteiger partial charge in [0.15, 0.2) is 0 Å². The second kappa shape index (κ2) is 6.53. The highest BCUT2D eigenvalue weighted by Crippen LogP contribution is 2.32. The van der Waals surface area contributed by atoms with Crippen molar-refractivity contribution in [2.45, 2.75) is 19.4 Å². The van der Waals surface area contributed by atoms with E-state index in [1.165, 1.54) is 7.11 Å². The molecule has 2 aromatic rings. The molecule has 0 aromatic heterocycles. The number of nitrogens with zero attached hydrogens (tertiary/aromatic N) is 1. The molecule has 1 heterocycles. The Morgan fingerprint density at radius 3 is 2.50 bits per heavy atom. The topological polar surface area (TPSA) is 58.6 Å². The van der Waals surface area contributed by atoms with Crippen molar-refractivity contribution in [3.63, 3.8) is 0 Å². The first-order valence-electron chi connectivity index (χ1n) is 7.53. The summed E-state index contributed by atoms with van der Waals surface area (Å²) in [5.74, 6) is -0.0542. The Morgan fingerprint density at radius 2 is 1.88 bits per heavy atom. The van der Waals surface area contributed by atoms with Gasteiger partial charge >= 0.3 is 0 Å². The number of hydrogen-bond donors (Lipinski definition) is 1. The second-order valence-corrected chi connectivity index (χ2v) is 6.06. The Bertz CT molecular complexity index is 789. The fourth-order valence-corrected chi connectivity index (χ4v) is 2.91. The number of imide groups is 1. The predicted octanol–water partition coefficient (Wildman–Crippen LogP) is 3.40. The van der Waals surface area contributed by atoms with Crippen LogP contribution in [0.25, 0.3) is 0 Å². The largest absolute Gasteiger partial charge is 0.495 e. The van der Waals surface area contributed by atoms with Crippen LogP contribution in [0.1, 0.15) is 12.0 Å². The van der Waals surface area contributed by atoms with Crippen LogP contribution in [-0.4, -0.2) is 25.0 Å². The van der Waals surface area contributed by atoms with Crippen LogP contribution in [0.2, 0.25) is 5.02 Å². The van der Waals surface area contributed by atoms with E-state index < -0.39 is 6.04 Å². The Balaban J connectivity index is 1.81. The third-order valence-electron chi connectivity index (χ3n) is 3.93. The van der Waals surface area contributed by atoms with E-state index in [2.05, 4.69) is 5.32 Å². The van der Waals surface area contributed by atoms with Crippen LogP contribution >= 0.6 is 11.6 Å². The van der Waals surface area contributed by atoms with Crippen molar-refractivity contribution < 1.29 is 14.3 Å². The monoisotopic (exact) mass is 344 g/mol. The van der Waals surface area contributed by atoms with E-state index in [0.717, 1.165) is 16.2 Å². The SMILES string of the molecule is COc1ccc(N2C(=O)C[C@H](Nc3ccc(C)cc3)C2=O)cc1Cl. The number of anilines is 2. The third-order valence-corrected chi connectivity index (χ3v) is 4.23. The first kappa shape index (κ1) is 16.3. The number of carbonyl (C=O) groups is 2. The van der Waals surface area contributed by atoms with Gasteiger partial charge in [0.2, 0.25) is 5.91 Å². The molecule has 1 N–H and O–H groups in total. The summed E-state index contributed by atoms with van der Waals surface area (Å²) in [5, 5.41) is 3.47. The van der Waals surface area contributed by atoms with E-state index in [0.29, 0.717) is 16.5 Å². The molecule has 0 bridgehead atoms. The number of benzene rings is 2. The van der Waals surface area contributed by atoms with E-state index in [4.69, 9.17) is 16.3 Å². The summed E-state index contributed by atoms with van der Waals surface area (Å²) < 4.78 is 5.09. The summed E-state index contributed by atoms with van der Waals surface area (Å²) in [6.45, 7) is 1.99. The molecule has 0 radical (unpaired) electrons. The molecular weight excluding hydrogens is 328 g/mol. The van der Waals surface area contributed by atoms with Gasteiger partial charge in [-0.3, -0.25) is 9.59 Å². The molecule has 1 saturated heterocycles. The third kappa shape index (κ3) is 3.08. The number of aryl methyl sites for hydroxylation is 1. The molecule has 1 aliphatic heterocycles. The van der Waals surface area contributed by atoms with Crippen molar-refractivity contribution in [1.82, 2.24) is 0 Å². The van der Waals surface area contributed by atoms with Crippen molar-refractivity contribution in [3.8, 4) is 5.75 Å². The van der Waals surface area contributed by atoms with Gasteiger partial charge in [-0.15, -0.1) is 0 Å². The Morgan fingerprint density at radius 1 is 1.17 bits per heavy atom. The van der Waals surface area contributed by atoms with Gasteiger partial charge in [-0.05, 0) is 37.3 Å². The Kier molecular flexibility index (Phi) is 4.44. The summed E-state index contributed by atoms with van der Waals surface area (Å²) in [5.41, 5.74) is 2.38. The average molecular weight is 345 g/mol. The predicted molar refractivity (Wildman–Crippen MR) is 93.7 cm³/mol. The second-order valence-electron chi connectivity index (χ2n) is 5.65. The van der Waals surface area contributed by atoms with E-state index in [9.17, 15) is 9.59 Å². The minimum absolute atomic E-state index is 0.107. The van der Waals surface area contributed by atoms with E-state index in [-0.39, 0.29) is 18.2 Å². The zero-order valence-corrected chi connectivity index (χ0v) is 14.1. The highest BCUT2D eigenvalue weighted by atomic mass is 35.5. The summed E-state index contributed by atoms with van der Waals surface area (Å²) in [4.78, 5) is 26.1. The molecule has 0 spiro atoms. The van der Waals surface area contributed by atoms with Gasteiger partial charge in [-0.25, -0.2) is 4.90 Å². The van der Waals surface area contributed by atoms with Gasteiger partial charge in [-0.2, -0.15) is 0 Å². The molecule has 2 aromatic carbocycles. The number of rotatable bonds is 4. The minimum Gasteiger partial charge on any atom is -0.495 e. The zero-order valence-electron chi connectivity index (χ0n) is 13.4. The minimum atomic E-state index is -0.582. The average Bonchev–Trinajstić information content (AvgIpc) is 2.83. The molecule has 3 rings (SSSR count). The highest BCUT2D eigenvalue weighted by molar-refractivity contribution is 6.33. The van der Waals surface area contributed by atoms with E-state index >= 15 is 0 Å². The number of ether oxygens (including phenoxy) is 1. The van der Waals surface area contributed by atoms with Crippen molar-refractivity contribution >= 4 is 34.8 Å². The fourth-order valence-electron chi connectivity index (χ4n) is 2.66. The maximum atomic E-state index is 12.6. The fraction of sp³-hybridized carbons (Fsp3) is 0.222. The van der Waals surface area contributed by atoms with Gasteiger partial charge in [0, 0.05) is 5.69 Å². The van der Waals surface area contributed by atoms with Gasteiger partial charge in [0.1, 0.15) is 11.8 Å². The molecule has 5 nitrogen and oxygen atoms in total. The molecule has 2 amide bonds. The van der Waals surface area contributed by atoms with Gasteiger partial charge in [-0.1, -0.05) is 29.3 Å². The van der Waals surface area contributed by atoms with Crippen molar-refractivity contribution in [3.05, 3.63) is 53.1 Å². The first-order valence-corrected chi connectivity index (χ1v) is 7.91. The Labute approximate surface area is 145 Å². The summed E-state index contributed by atoms with van der Waals surface area (Å²) in [6.07, 6.45) is 0.107. The zero-order chi connectivity index (χ0) is 17.3. The normalized spacial score (nSPS) is 17.3. The van der Waals surface area contributed by atoms with Crippen LogP contribution in [0.3, 0.4) is 0 Å². The maximum Gasteiger partial charge on any atom is 0.256 e. The number of hydrogen-bond acceptors (Lipinski definition) is 4. The van der Waals surface area contributed by atoms with Crippen LogP contribution in [-0.2, 0) is 9.59 Å². The lowest BCUT2D eigenvalue weighted by molar-refractivity contribution is -0.121. The number of nitrogens with one attached hydrogen (secondary N) is 1. The van der Waals surface area contributed by atoms with Crippen LogP contribution in [0.5, 0.6) is 5.75 Å². The summed E-state index contributed by atoms with van der Waals surface area (Å²) in [6, 6.07) is 11.9. The quantitative estimate of drug-likeness (QED) is 0.864. The standard InChI is InChI=1S/C18H17ClN2O3/c1-11-3-5-12(6-4-11)20-15-10-17(22)21(18(15)23)13-7-8-16(24-2)14(19)9-13/h3-9,15,20H,10H2,1-2H3/t15-/m0/s1. The number of carbonyl (C=O) groups excluding carboxylic acids is 2. The van der Waals surface area contributed by atoms with Crippen LogP contribution in [0.4, 0.5) is 11.4 Å². The van der Waals surface area contributed by atoms with Crippen molar-refractivity contribution in [2.24, 2.45) is 0 Å². The van der Waals surface area contributed by atoms with Crippen LogP contribution < -0.4 is 15.0 Å². The van der Waals surface area contributed by atoms with Gasteiger partial charge in [0.05, 0.1) is 24.2 Å². The number of amides is 2. The molecule has 1 fully saturated rings. The summed E-state index contributed by atoms with van der Waals surface area (Å²) >= 11 is 6.09. The lowest BCUT2D eigenvalue weighted by atomic mass is 10.2. The molecule has 124 valence electrons. The van der Waals surface area contributed by atoms with Crippen molar-refractivity contribution in [2.75, 3.05) is 17.3 Å².